The third-order valence-corrected chi connectivity index (χ3v) is 6.32. The van der Waals surface area contributed by atoms with E-state index in [1.165, 1.54) is 12.5 Å². The summed E-state index contributed by atoms with van der Waals surface area (Å²) in [4.78, 5) is 23.8. The van der Waals surface area contributed by atoms with Crippen molar-refractivity contribution in [3.05, 3.63) is 53.6 Å². The summed E-state index contributed by atoms with van der Waals surface area (Å²) in [6.07, 6.45) is 6.85. The summed E-state index contributed by atoms with van der Waals surface area (Å²) in [5.74, 6) is 0.817. The molecule has 0 radical (unpaired) electrons. The zero-order valence-electron chi connectivity index (χ0n) is 17.4. The molecule has 0 bridgehead atoms. The molecule has 0 saturated carbocycles. The summed E-state index contributed by atoms with van der Waals surface area (Å²) < 4.78 is 20.0. The number of nitrogens with one attached hydrogen (secondary N) is 1. The number of piperidine rings is 1. The molecule has 2 aliphatic rings. The molecule has 0 aliphatic carbocycles. The Labute approximate surface area is 176 Å². The molecule has 160 valence electrons. The van der Waals surface area contributed by atoms with E-state index in [-0.39, 0.29) is 11.7 Å². The second-order valence-corrected chi connectivity index (χ2v) is 8.52. The molecule has 2 saturated heterocycles. The van der Waals surface area contributed by atoms with E-state index >= 15 is 0 Å². The molecule has 0 unspecified atom stereocenters. The highest BCUT2D eigenvalue weighted by Crippen LogP contribution is 2.35. The Balaban J connectivity index is 1.44. The van der Waals surface area contributed by atoms with E-state index in [2.05, 4.69) is 27.1 Å². The average Bonchev–Trinajstić information content (AvgIpc) is 2.78. The van der Waals surface area contributed by atoms with Gasteiger partial charge in [-0.3, -0.25) is 4.79 Å². The van der Waals surface area contributed by atoms with Crippen LogP contribution in [0.1, 0.15) is 48.5 Å². The van der Waals surface area contributed by atoms with Crippen molar-refractivity contribution in [1.82, 2.24) is 15.3 Å². The zero-order valence-corrected chi connectivity index (χ0v) is 17.4. The van der Waals surface area contributed by atoms with Crippen molar-refractivity contribution in [1.29, 1.82) is 0 Å². The van der Waals surface area contributed by atoms with Crippen molar-refractivity contribution in [3.8, 4) is 0 Å². The normalized spacial score (nSPS) is 21.3. The summed E-state index contributed by atoms with van der Waals surface area (Å²) >= 11 is 0. The van der Waals surface area contributed by atoms with Gasteiger partial charge in [-0.2, -0.15) is 0 Å². The summed E-state index contributed by atoms with van der Waals surface area (Å²) in [6, 6.07) is 6.81. The molecule has 1 aromatic carbocycles. The number of hydrogen-bond acceptors (Lipinski definition) is 5. The number of aromatic nitrogens is 2. The van der Waals surface area contributed by atoms with Gasteiger partial charge in [0.2, 0.25) is 5.95 Å². The predicted molar refractivity (Wildman–Crippen MR) is 113 cm³/mol. The molecule has 2 aliphatic heterocycles. The fourth-order valence-electron chi connectivity index (χ4n) is 4.52. The molecule has 3 heterocycles. The number of carbonyl (C=O) groups excluding carboxylic acids is 1. The standard InChI is InChI=1S/C23H29FN4O2/c1-17-5-4-10-28(15-17)22-25-13-18(14-26-22)21(29)27-16-23(8-11-30-12-9-23)19-6-2-3-7-20(19)24/h2-3,6-7,13-14,17H,4-5,8-12,15-16H2,1H3,(H,27,29)/t17-/m1/s1. The number of anilines is 1. The van der Waals surface area contributed by atoms with Crippen LogP contribution >= 0.6 is 0 Å². The lowest BCUT2D eigenvalue weighted by Crippen LogP contribution is -2.45. The van der Waals surface area contributed by atoms with Crippen LogP contribution in [-0.4, -0.2) is 48.7 Å². The number of nitrogens with zero attached hydrogens (tertiary/aromatic N) is 3. The minimum atomic E-state index is -0.468. The maximum Gasteiger partial charge on any atom is 0.254 e. The van der Waals surface area contributed by atoms with E-state index in [1.807, 2.05) is 12.1 Å². The first-order valence-corrected chi connectivity index (χ1v) is 10.8. The number of amides is 1. The smallest absolute Gasteiger partial charge is 0.254 e. The van der Waals surface area contributed by atoms with Crippen LogP contribution in [0.2, 0.25) is 0 Å². The van der Waals surface area contributed by atoms with Crippen molar-refractivity contribution in [2.24, 2.45) is 5.92 Å². The van der Waals surface area contributed by atoms with E-state index < -0.39 is 5.41 Å². The van der Waals surface area contributed by atoms with Crippen LogP contribution in [0.25, 0.3) is 0 Å². The third-order valence-electron chi connectivity index (χ3n) is 6.32. The molecule has 0 spiro atoms. The lowest BCUT2D eigenvalue weighted by Gasteiger charge is -2.38. The van der Waals surface area contributed by atoms with E-state index in [4.69, 9.17) is 4.74 Å². The highest BCUT2D eigenvalue weighted by Gasteiger charge is 2.37. The van der Waals surface area contributed by atoms with Crippen molar-refractivity contribution < 1.29 is 13.9 Å². The fraction of sp³-hybridized carbons (Fsp3) is 0.522. The highest BCUT2D eigenvalue weighted by atomic mass is 19.1. The van der Waals surface area contributed by atoms with E-state index in [1.54, 1.807) is 18.5 Å². The van der Waals surface area contributed by atoms with Gasteiger partial charge in [0.05, 0.1) is 5.56 Å². The number of carbonyl (C=O) groups is 1. The van der Waals surface area contributed by atoms with Crippen molar-refractivity contribution in [3.63, 3.8) is 0 Å². The van der Waals surface area contributed by atoms with Gasteiger partial charge in [0.15, 0.2) is 0 Å². The van der Waals surface area contributed by atoms with Crippen LogP contribution < -0.4 is 10.2 Å². The molecule has 1 N–H and O–H groups in total. The Hall–Kier alpha value is -2.54. The maximum atomic E-state index is 14.5. The Morgan fingerprint density at radius 3 is 2.70 bits per heavy atom. The van der Waals surface area contributed by atoms with E-state index in [9.17, 15) is 9.18 Å². The fourth-order valence-corrected chi connectivity index (χ4v) is 4.52. The number of hydrogen-bond donors (Lipinski definition) is 1. The second kappa shape index (κ2) is 9.08. The first-order valence-electron chi connectivity index (χ1n) is 10.8. The van der Waals surface area contributed by atoms with Crippen LogP contribution in [0.5, 0.6) is 0 Å². The average molecular weight is 413 g/mol. The summed E-state index contributed by atoms with van der Waals surface area (Å²) in [5, 5.41) is 2.99. The topological polar surface area (TPSA) is 67.4 Å². The zero-order chi connectivity index (χ0) is 21.0. The van der Waals surface area contributed by atoms with Gasteiger partial charge in [-0.15, -0.1) is 0 Å². The molecule has 2 fully saturated rings. The van der Waals surface area contributed by atoms with Crippen molar-refractivity contribution >= 4 is 11.9 Å². The minimum absolute atomic E-state index is 0.239. The van der Waals surface area contributed by atoms with Gasteiger partial charge in [-0.1, -0.05) is 25.1 Å². The first kappa shape index (κ1) is 20.7. The second-order valence-electron chi connectivity index (χ2n) is 8.52. The van der Waals surface area contributed by atoms with Crippen LogP contribution in [-0.2, 0) is 10.2 Å². The summed E-state index contributed by atoms with van der Waals surface area (Å²) in [5.41, 5.74) is 0.586. The van der Waals surface area contributed by atoms with E-state index in [0.29, 0.717) is 55.6 Å². The number of ether oxygens (including phenoxy) is 1. The summed E-state index contributed by atoms with van der Waals surface area (Å²) in [6.45, 7) is 5.58. The van der Waals surface area contributed by atoms with Crippen LogP contribution in [0.4, 0.5) is 10.3 Å². The largest absolute Gasteiger partial charge is 0.381 e. The van der Waals surface area contributed by atoms with Gasteiger partial charge in [0, 0.05) is 50.7 Å². The van der Waals surface area contributed by atoms with Gasteiger partial charge in [0.25, 0.3) is 5.91 Å². The Morgan fingerprint density at radius 1 is 1.27 bits per heavy atom. The van der Waals surface area contributed by atoms with Crippen LogP contribution in [0, 0.1) is 11.7 Å². The Morgan fingerprint density at radius 2 is 2.00 bits per heavy atom. The lowest BCUT2D eigenvalue weighted by molar-refractivity contribution is 0.0475. The number of halogens is 1. The van der Waals surface area contributed by atoms with Crippen LogP contribution in [0.3, 0.4) is 0 Å². The molecule has 30 heavy (non-hydrogen) atoms. The molecule has 1 atom stereocenters. The maximum absolute atomic E-state index is 14.5. The predicted octanol–water partition coefficient (Wildman–Crippen LogP) is 3.33. The monoisotopic (exact) mass is 412 g/mol. The number of rotatable bonds is 5. The lowest BCUT2D eigenvalue weighted by atomic mass is 9.74. The molecule has 6 nitrogen and oxygen atoms in total. The van der Waals surface area contributed by atoms with Gasteiger partial charge in [0.1, 0.15) is 5.82 Å². The quantitative estimate of drug-likeness (QED) is 0.816. The highest BCUT2D eigenvalue weighted by molar-refractivity contribution is 5.93. The van der Waals surface area contributed by atoms with Gasteiger partial charge >= 0.3 is 0 Å². The SMILES string of the molecule is C[C@@H]1CCCN(c2ncc(C(=O)NCC3(c4ccccc4F)CCOCC3)cn2)C1. The molecule has 7 heteroatoms. The molecule has 1 aromatic heterocycles. The van der Waals surface area contributed by atoms with E-state index in [0.717, 1.165) is 19.5 Å². The van der Waals surface area contributed by atoms with Crippen LogP contribution in [0.15, 0.2) is 36.7 Å². The number of benzene rings is 1. The minimum Gasteiger partial charge on any atom is -0.381 e. The van der Waals surface area contributed by atoms with Gasteiger partial charge < -0.3 is 15.0 Å². The Kier molecular flexibility index (Phi) is 6.27. The Bertz CT molecular complexity index is 868. The summed E-state index contributed by atoms with van der Waals surface area (Å²) in [7, 11) is 0. The van der Waals surface area contributed by atoms with Crippen molar-refractivity contribution in [2.75, 3.05) is 37.7 Å². The molecule has 1 amide bonds. The van der Waals surface area contributed by atoms with Crippen molar-refractivity contribution in [2.45, 2.75) is 38.0 Å². The first-order chi connectivity index (χ1) is 14.6. The molecule has 4 rings (SSSR count). The van der Waals surface area contributed by atoms with Gasteiger partial charge in [-0.25, -0.2) is 14.4 Å². The van der Waals surface area contributed by atoms with Gasteiger partial charge in [-0.05, 0) is 43.2 Å². The molecular formula is C23H29FN4O2. The third kappa shape index (κ3) is 4.46. The molecule has 2 aromatic rings. The molecular weight excluding hydrogens is 383 g/mol.